The van der Waals surface area contributed by atoms with E-state index in [0.29, 0.717) is 0 Å². The third-order valence-electron chi connectivity index (χ3n) is 1.25. The van der Waals surface area contributed by atoms with Crippen LogP contribution in [-0.2, 0) is 0 Å². The molecule has 1 aromatic carbocycles. The van der Waals surface area contributed by atoms with Crippen LogP contribution in [0.25, 0.3) is 0 Å². The molecule has 0 aliphatic rings. The van der Waals surface area contributed by atoms with Crippen LogP contribution >= 0.6 is 15.9 Å². The number of nitriles is 1. The highest BCUT2D eigenvalue weighted by Crippen LogP contribution is 2.23. The van der Waals surface area contributed by atoms with E-state index >= 15 is 0 Å². The number of hydrogen-bond acceptors (Lipinski definition) is 2. The standard InChI is InChI=1S/C7H4BrFN2/c8-5-2-1-4(3-10)7(11)6(5)9/h1-2H,11H2. The molecular weight excluding hydrogens is 211 g/mol. The number of benzene rings is 1. The van der Waals surface area contributed by atoms with E-state index in [1.807, 2.05) is 0 Å². The smallest absolute Gasteiger partial charge is 0.161 e. The first-order valence-electron chi connectivity index (χ1n) is 2.80. The second kappa shape index (κ2) is 2.89. The first-order chi connectivity index (χ1) is 5.16. The molecule has 2 N–H and O–H groups in total. The molecular formula is C7H4BrFN2. The Labute approximate surface area is 71.6 Å². The lowest BCUT2D eigenvalue weighted by Crippen LogP contribution is -1.95. The monoisotopic (exact) mass is 214 g/mol. The van der Waals surface area contributed by atoms with E-state index in [1.165, 1.54) is 12.1 Å². The van der Waals surface area contributed by atoms with E-state index in [0.717, 1.165) is 0 Å². The Kier molecular flexibility index (Phi) is 2.11. The van der Waals surface area contributed by atoms with Crippen LogP contribution in [-0.4, -0.2) is 0 Å². The molecule has 0 aliphatic heterocycles. The van der Waals surface area contributed by atoms with Crippen molar-refractivity contribution in [2.75, 3.05) is 5.73 Å². The Balaban J connectivity index is 3.40. The number of anilines is 1. The van der Waals surface area contributed by atoms with Crippen LogP contribution in [0.15, 0.2) is 16.6 Å². The van der Waals surface area contributed by atoms with E-state index in [-0.39, 0.29) is 15.7 Å². The molecule has 4 heteroatoms. The Hall–Kier alpha value is -1.08. The van der Waals surface area contributed by atoms with Crippen LogP contribution in [0.3, 0.4) is 0 Å². The Morgan fingerprint density at radius 2 is 2.18 bits per heavy atom. The molecule has 56 valence electrons. The first kappa shape index (κ1) is 8.02. The van der Waals surface area contributed by atoms with Gasteiger partial charge in [-0.25, -0.2) is 4.39 Å². The zero-order chi connectivity index (χ0) is 8.43. The predicted molar refractivity (Wildman–Crippen MR) is 43.2 cm³/mol. The van der Waals surface area contributed by atoms with Crippen molar-refractivity contribution in [2.24, 2.45) is 0 Å². The zero-order valence-electron chi connectivity index (χ0n) is 5.44. The Bertz CT molecular complexity index is 330. The van der Waals surface area contributed by atoms with Crippen LogP contribution in [0.5, 0.6) is 0 Å². The molecule has 0 radical (unpaired) electrons. The van der Waals surface area contributed by atoms with Crippen LogP contribution < -0.4 is 5.73 Å². The molecule has 0 unspecified atom stereocenters. The Morgan fingerprint density at radius 3 is 2.73 bits per heavy atom. The number of halogens is 2. The summed E-state index contributed by atoms with van der Waals surface area (Å²) in [5, 5.41) is 8.42. The lowest BCUT2D eigenvalue weighted by Gasteiger charge is -1.99. The summed E-state index contributed by atoms with van der Waals surface area (Å²) in [5.41, 5.74) is 5.32. The van der Waals surface area contributed by atoms with Gasteiger partial charge in [0.05, 0.1) is 15.7 Å². The summed E-state index contributed by atoms with van der Waals surface area (Å²) < 4.78 is 13.1. The minimum absolute atomic E-state index is 0.109. The maximum absolute atomic E-state index is 12.9. The van der Waals surface area contributed by atoms with Crippen molar-refractivity contribution in [3.63, 3.8) is 0 Å². The second-order valence-electron chi connectivity index (χ2n) is 1.93. The lowest BCUT2D eigenvalue weighted by atomic mass is 10.2. The second-order valence-corrected chi connectivity index (χ2v) is 2.79. The van der Waals surface area contributed by atoms with Gasteiger partial charge in [0.2, 0.25) is 0 Å². The predicted octanol–water partition coefficient (Wildman–Crippen LogP) is 2.04. The van der Waals surface area contributed by atoms with Gasteiger partial charge >= 0.3 is 0 Å². The average Bonchev–Trinajstić information content (AvgIpc) is 2.01. The van der Waals surface area contributed by atoms with Crippen LogP contribution in [0, 0.1) is 17.1 Å². The van der Waals surface area contributed by atoms with Gasteiger partial charge in [-0.3, -0.25) is 0 Å². The van der Waals surface area contributed by atoms with Crippen molar-refractivity contribution < 1.29 is 4.39 Å². The average molecular weight is 215 g/mol. The summed E-state index contributed by atoms with van der Waals surface area (Å²) >= 11 is 2.94. The van der Waals surface area contributed by atoms with E-state index in [9.17, 15) is 4.39 Å². The highest BCUT2D eigenvalue weighted by Gasteiger charge is 2.07. The summed E-state index contributed by atoms with van der Waals surface area (Å²) in [4.78, 5) is 0. The topological polar surface area (TPSA) is 49.8 Å². The third-order valence-corrected chi connectivity index (χ3v) is 1.87. The molecule has 11 heavy (non-hydrogen) atoms. The van der Waals surface area contributed by atoms with Gasteiger partial charge in [0, 0.05) is 0 Å². The van der Waals surface area contributed by atoms with Gasteiger partial charge in [-0.15, -0.1) is 0 Å². The number of nitrogens with zero attached hydrogens (tertiary/aromatic N) is 1. The summed E-state index contributed by atoms with van der Waals surface area (Å²) in [6.45, 7) is 0. The highest BCUT2D eigenvalue weighted by atomic mass is 79.9. The van der Waals surface area contributed by atoms with Gasteiger partial charge in [-0.2, -0.15) is 5.26 Å². The molecule has 0 spiro atoms. The summed E-state index contributed by atoms with van der Waals surface area (Å²) in [6.07, 6.45) is 0. The number of nitrogen functional groups attached to an aromatic ring is 1. The SMILES string of the molecule is N#Cc1ccc(Br)c(F)c1N. The summed E-state index contributed by atoms with van der Waals surface area (Å²) in [5.74, 6) is -0.580. The van der Waals surface area contributed by atoms with Crippen molar-refractivity contribution in [3.05, 3.63) is 28.0 Å². The normalized spacial score (nSPS) is 9.18. The lowest BCUT2D eigenvalue weighted by molar-refractivity contribution is 0.625. The summed E-state index contributed by atoms with van der Waals surface area (Å²) in [7, 11) is 0. The fourth-order valence-electron chi connectivity index (χ4n) is 0.664. The molecule has 2 nitrogen and oxygen atoms in total. The summed E-state index contributed by atoms with van der Waals surface area (Å²) in [6, 6.07) is 4.69. The highest BCUT2D eigenvalue weighted by molar-refractivity contribution is 9.10. The molecule has 1 aromatic rings. The molecule has 0 aromatic heterocycles. The number of nitrogens with two attached hydrogens (primary N) is 1. The van der Waals surface area contributed by atoms with E-state index in [1.54, 1.807) is 6.07 Å². The molecule has 0 bridgehead atoms. The molecule has 0 amide bonds. The first-order valence-corrected chi connectivity index (χ1v) is 3.59. The maximum Gasteiger partial charge on any atom is 0.161 e. The van der Waals surface area contributed by atoms with Crippen LogP contribution in [0.4, 0.5) is 10.1 Å². The Morgan fingerprint density at radius 1 is 1.55 bits per heavy atom. The zero-order valence-corrected chi connectivity index (χ0v) is 7.02. The van der Waals surface area contributed by atoms with Gasteiger partial charge < -0.3 is 5.73 Å². The minimum Gasteiger partial charge on any atom is -0.395 e. The molecule has 1 rings (SSSR count). The number of rotatable bonds is 0. The fourth-order valence-corrected chi connectivity index (χ4v) is 1.01. The fraction of sp³-hybridized carbons (Fsp3) is 0. The quantitative estimate of drug-likeness (QED) is 0.673. The van der Waals surface area contributed by atoms with Gasteiger partial charge in [-0.05, 0) is 28.1 Å². The van der Waals surface area contributed by atoms with E-state index in [4.69, 9.17) is 11.0 Å². The van der Waals surface area contributed by atoms with Crippen LogP contribution in [0.2, 0.25) is 0 Å². The minimum atomic E-state index is -0.580. The van der Waals surface area contributed by atoms with Crippen molar-refractivity contribution >= 4 is 21.6 Å². The number of hydrogen-bond donors (Lipinski definition) is 1. The van der Waals surface area contributed by atoms with E-state index in [2.05, 4.69) is 15.9 Å². The van der Waals surface area contributed by atoms with Gasteiger partial charge in [0.15, 0.2) is 5.82 Å². The van der Waals surface area contributed by atoms with Crippen molar-refractivity contribution in [2.45, 2.75) is 0 Å². The third kappa shape index (κ3) is 1.33. The van der Waals surface area contributed by atoms with Crippen molar-refractivity contribution in [1.29, 1.82) is 5.26 Å². The largest absolute Gasteiger partial charge is 0.395 e. The molecule has 0 fully saturated rings. The molecule has 0 saturated heterocycles. The molecule has 0 aliphatic carbocycles. The van der Waals surface area contributed by atoms with Crippen molar-refractivity contribution in [3.8, 4) is 6.07 Å². The van der Waals surface area contributed by atoms with Gasteiger partial charge in [0.1, 0.15) is 6.07 Å². The van der Waals surface area contributed by atoms with Crippen LogP contribution in [0.1, 0.15) is 5.56 Å². The maximum atomic E-state index is 12.9. The van der Waals surface area contributed by atoms with Gasteiger partial charge in [-0.1, -0.05) is 0 Å². The molecule has 0 atom stereocenters. The van der Waals surface area contributed by atoms with Crippen molar-refractivity contribution in [1.82, 2.24) is 0 Å². The molecule has 0 saturated carbocycles. The van der Waals surface area contributed by atoms with Gasteiger partial charge in [0.25, 0.3) is 0 Å². The molecule has 0 heterocycles. The van der Waals surface area contributed by atoms with E-state index < -0.39 is 5.82 Å².